The summed E-state index contributed by atoms with van der Waals surface area (Å²) >= 11 is 0. The van der Waals surface area contributed by atoms with E-state index < -0.39 is 16.0 Å². The largest absolute Gasteiger partial charge is 0.477 e. The normalized spacial score (nSPS) is 16.0. The van der Waals surface area contributed by atoms with Gasteiger partial charge in [0.05, 0.1) is 6.20 Å². The highest BCUT2D eigenvalue weighted by molar-refractivity contribution is 7.89. The number of aromatic carboxylic acids is 1. The molecule has 0 aromatic carbocycles. The number of aryl methyl sites for hydroxylation is 1. The molecule has 0 saturated carbocycles. The van der Waals surface area contributed by atoms with Crippen LogP contribution in [0.2, 0.25) is 0 Å². The van der Waals surface area contributed by atoms with Crippen molar-refractivity contribution in [3.8, 4) is 0 Å². The molecule has 3 rings (SSSR count). The maximum absolute atomic E-state index is 12.5. The molecule has 11 nitrogen and oxygen atoms in total. The zero-order valence-corrected chi connectivity index (χ0v) is 14.8. The lowest BCUT2D eigenvalue weighted by molar-refractivity contribution is -0.133. The van der Waals surface area contributed by atoms with E-state index in [-0.39, 0.29) is 49.2 Å². The third-order valence-corrected chi connectivity index (χ3v) is 5.98. The van der Waals surface area contributed by atoms with Crippen LogP contribution in [0.5, 0.6) is 0 Å². The fourth-order valence-electron chi connectivity index (χ4n) is 2.73. The number of amides is 1. The van der Waals surface area contributed by atoms with Gasteiger partial charge in [-0.1, -0.05) is 0 Å². The molecule has 0 bridgehead atoms. The van der Waals surface area contributed by atoms with Gasteiger partial charge in [-0.15, -0.1) is 0 Å². The Balaban J connectivity index is 1.62. The molecule has 26 heavy (non-hydrogen) atoms. The monoisotopic (exact) mass is 382 g/mol. The summed E-state index contributed by atoms with van der Waals surface area (Å²) in [6.45, 7) is 0.565. The van der Waals surface area contributed by atoms with E-state index in [4.69, 9.17) is 5.11 Å². The molecule has 2 aromatic heterocycles. The Hall–Kier alpha value is -2.73. The van der Waals surface area contributed by atoms with Crippen molar-refractivity contribution in [1.29, 1.82) is 0 Å². The first-order chi connectivity index (χ1) is 12.3. The van der Waals surface area contributed by atoms with E-state index in [1.54, 1.807) is 7.05 Å². The fraction of sp³-hybridized carbons (Fsp3) is 0.429. The molecule has 1 aliphatic rings. The van der Waals surface area contributed by atoms with Crippen molar-refractivity contribution in [1.82, 2.24) is 28.8 Å². The first-order valence-corrected chi connectivity index (χ1v) is 9.25. The third kappa shape index (κ3) is 3.46. The van der Waals surface area contributed by atoms with Crippen molar-refractivity contribution < 1.29 is 23.1 Å². The maximum atomic E-state index is 12.5. The van der Waals surface area contributed by atoms with Gasteiger partial charge in [0, 0.05) is 45.6 Å². The van der Waals surface area contributed by atoms with Gasteiger partial charge < -0.3 is 10.0 Å². The summed E-state index contributed by atoms with van der Waals surface area (Å²) in [4.78, 5) is 25.0. The summed E-state index contributed by atoms with van der Waals surface area (Å²) in [7, 11) is -2.01. The van der Waals surface area contributed by atoms with Crippen LogP contribution in [-0.2, 0) is 28.4 Å². The molecule has 0 unspecified atom stereocenters. The Morgan fingerprint density at radius 2 is 1.88 bits per heavy atom. The minimum atomic E-state index is -3.64. The average molecular weight is 382 g/mol. The van der Waals surface area contributed by atoms with E-state index in [0.717, 1.165) is 4.68 Å². The molecule has 0 radical (unpaired) electrons. The van der Waals surface area contributed by atoms with Crippen molar-refractivity contribution in [2.24, 2.45) is 7.05 Å². The predicted octanol–water partition coefficient (Wildman–Crippen LogP) is -1.15. The summed E-state index contributed by atoms with van der Waals surface area (Å²) in [5.41, 5.74) is -0.0730. The van der Waals surface area contributed by atoms with Crippen molar-refractivity contribution in [3.05, 3.63) is 30.4 Å². The molecule has 1 aliphatic heterocycles. The van der Waals surface area contributed by atoms with Crippen molar-refractivity contribution in [2.75, 3.05) is 26.2 Å². The van der Waals surface area contributed by atoms with Crippen LogP contribution in [0.4, 0.5) is 0 Å². The lowest BCUT2D eigenvalue weighted by Crippen LogP contribution is -2.51. The smallest absolute Gasteiger partial charge is 0.354 e. The van der Waals surface area contributed by atoms with E-state index >= 15 is 0 Å². The highest BCUT2D eigenvalue weighted by Crippen LogP contribution is 2.17. The molecule has 0 spiro atoms. The van der Waals surface area contributed by atoms with Crippen LogP contribution in [-0.4, -0.2) is 80.3 Å². The molecule has 2 aromatic rings. The molecule has 1 amide bonds. The third-order valence-electron chi connectivity index (χ3n) is 4.13. The lowest BCUT2D eigenvalue weighted by Gasteiger charge is -2.33. The molecule has 3 heterocycles. The molecule has 1 fully saturated rings. The van der Waals surface area contributed by atoms with Crippen LogP contribution in [0, 0.1) is 0 Å². The summed E-state index contributed by atoms with van der Waals surface area (Å²) < 4.78 is 28.9. The number of carboxylic acids is 1. The van der Waals surface area contributed by atoms with Gasteiger partial charge in [-0.3, -0.25) is 9.48 Å². The second kappa shape index (κ2) is 6.88. The van der Waals surface area contributed by atoms with Gasteiger partial charge in [-0.25, -0.2) is 17.9 Å². The Labute approximate surface area is 149 Å². The van der Waals surface area contributed by atoms with E-state index in [1.165, 1.54) is 38.5 Å². The quantitative estimate of drug-likeness (QED) is 0.691. The summed E-state index contributed by atoms with van der Waals surface area (Å²) in [6, 6.07) is 1.31. The number of aromatic nitrogens is 4. The molecule has 1 saturated heterocycles. The molecule has 140 valence electrons. The van der Waals surface area contributed by atoms with Crippen molar-refractivity contribution in [2.45, 2.75) is 11.4 Å². The molecule has 1 N–H and O–H groups in total. The van der Waals surface area contributed by atoms with Gasteiger partial charge in [0.25, 0.3) is 0 Å². The first-order valence-electron chi connectivity index (χ1n) is 7.80. The first kappa shape index (κ1) is 18.1. The van der Waals surface area contributed by atoms with Crippen molar-refractivity contribution >= 4 is 21.9 Å². The fourth-order valence-corrected chi connectivity index (χ4v) is 4.14. The van der Waals surface area contributed by atoms with E-state index in [0.29, 0.717) is 0 Å². The lowest BCUT2D eigenvalue weighted by atomic mass is 10.3. The van der Waals surface area contributed by atoms with E-state index in [1.807, 2.05) is 0 Å². The number of sulfonamides is 1. The van der Waals surface area contributed by atoms with Crippen LogP contribution in [0.1, 0.15) is 10.5 Å². The topological polar surface area (TPSA) is 131 Å². The van der Waals surface area contributed by atoms with E-state index in [9.17, 15) is 18.0 Å². The number of piperazine rings is 1. The van der Waals surface area contributed by atoms with Gasteiger partial charge >= 0.3 is 5.97 Å². The predicted molar refractivity (Wildman–Crippen MR) is 87.7 cm³/mol. The number of nitrogens with zero attached hydrogens (tertiary/aromatic N) is 6. The van der Waals surface area contributed by atoms with Crippen molar-refractivity contribution in [3.63, 3.8) is 0 Å². The van der Waals surface area contributed by atoms with Crippen LogP contribution in [0.15, 0.2) is 29.6 Å². The number of carbonyl (C=O) groups excluding carboxylic acids is 1. The number of hydrogen-bond donors (Lipinski definition) is 1. The SMILES string of the molecule is Cn1cc(S(=O)(=O)N2CCN(C(=O)Cn3nccc3C(=O)O)CC2)cn1. The van der Waals surface area contributed by atoms with Crippen LogP contribution in [0.25, 0.3) is 0 Å². The molecular formula is C14H18N6O5S. The Kier molecular flexibility index (Phi) is 4.78. The van der Waals surface area contributed by atoms with Gasteiger partial charge in [-0.05, 0) is 6.07 Å². The second-order valence-electron chi connectivity index (χ2n) is 5.81. The number of hydrogen-bond acceptors (Lipinski definition) is 6. The molecular weight excluding hydrogens is 364 g/mol. The maximum Gasteiger partial charge on any atom is 0.354 e. The van der Waals surface area contributed by atoms with E-state index in [2.05, 4.69) is 10.2 Å². The van der Waals surface area contributed by atoms with Gasteiger partial charge in [0.15, 0.2) is 0 Å². The second-order valence-corrected chi connectivity index (χ2v) is 7.75. The number of carboxylic acid groups (broad SMARTS) is 1. The summed E-state index contributed by atoms with van der Waals surface area (Å²) in [6.07, 6.45) is 4.03. The molecule has 0 atom stereocenters. The molecule has 0 aliphatic carbocycles. The Morgan fingerprint density at radius 1 is 1.19 bits per heavy atom. The van der Waals surface area contributed by atoms with Gasteiger partial charge in [0.2, 0.25) is 15.9 Å². The number of rotatable bonds is 5. The number of carbonyl (C=O) groups is 2. The van der Waals surface area contributed by atoms with Gasteiger partial charge in [0.1, 0.15) is 17.1 Å². The Morgan fingerprint density at radius 3 is 2.46 bits per heavy atom. The molecule has 12 heteroatoms. The highest BCUT2D eigenvalue weighted by Gasteiger charge is 2.31. The highest BCUT2D eigenvalue weighted by atomic mass is 32.2. The minimum Gasteiger partial charge on any atom is -0.477 e. The zero-order valence-electron chi connectivity index (χ0n) is 14.0. The van der Waals surface area contributed by atoms with Crippen LogP contribution >= 0.6 is 0 Å². The standard InChI is InChI=1S/C14H18N6O5S/c1-17-9-11(8-16-17)26(24,25)19-6-4-18(5-7-19)13(21)10-20-12(14(22)23)2-3-15-20/h2-3,8-9H,4-7,10H2,1H3,(H,22,23). The average Bonchev–Trinajstić information content (AvgIpc) is 3.24. The minimum absolute atomic E-state index is 0.0730. The van der Waals surface area contributed by atoms with Gasteiger partial charge in [-0.2, -0.15) is 14.5 Å². The zero-order chi connectivity index (χ0) is 18.9. The summed E-state index contributed by atoms with van der Waals surface area (Å²) in [5.74, 6) is -1.47. The summed E-state index contributed by atoms with van der Waals surface area (Å²) in [5, 5.41) is 16.8. The van der Waals surface area contributed by atoms with Crippen LogP contribution in [0.3, 0.4) is 0 Å². The Bertz CT molecular complexity index is 925. The van der Waals surface area contributed by atoms with Crippen LogP contribution < -0.4 is 0 Å².